The number of aliphatic hydroxyl groups excluding tert-OH is 1. The lowest BCUT2D eigenvalue weighted by Crippen LogP contribution is -3.00. The van der Waals surface area contributed by atoms with Gasteiger partial charge in [0.25, 0.3) is 0 Å². The van der Waals surface area contributed by atoms with E-state index >= 15 is 0 Å². The second-order valence-electron chi connectivity index (χ2n) is 7.74. The Balaban J connectivity index is 0.00000300. The molecular formula is C23H30ClN3O2. The van der Waals surface area contributed by atoms with Crippen LogP contribution < -0.4 is 22.3 Å². The van der Waals surface area contributed by atoms with Crippen LogP contribution in [0.5, 0.6) is 0 Å². The summed E-state index contributed by atoms with van der Waals surface area (Å²) in [5, 5.41) is 12.4. The molecular weight excluding hydrogens is 386 g/mol. The lowest BCUT2D eigenvalue weighted by molar-refractivity contribution is -0.663. The van der Waals surface area contributed by atoms with Crippen LogP contribution in [0.3, 0.4) is 0 Å². The van der Waals surface area contributed by atoms with Gasteiger partial charge in [-0.2, -0.15) is 0 Å². The van der Waals surface area contributed by atoms with Crippen molar-refractivity contribution >= 4 is 16.9 Å². The number of amides is 1. The van der Waals surface area contributed by atoms with Gasteiger partial charge in [0.1, 0.15) is 6.54 Å². The third-order valence-electron chi connectivity index (χ3n) is 4.90. The highest BCUT2D eigenvalue weighted by atomic mass is 35.5. The molecule has 2 N–H and O–H groups in total. The van der Waals surface area contributed by atoms with E-state index in [1.807, 2.05) is 30.3 Å². The van der Waals surface area contributed by atoms with Crippen LogP contribution in [0.1, 0.15) is 32.3 Å². The number of hydrogen-bond acceptors (Lipinski definition) is 2. The number of nitrogens with one attached hydrogen (secondary N) is 1. The lowest BCUT2D eigenvalue weighted by atomic mass is 10.0. The van der Waals surface area contributed by atoms with Gasteiger partial charge >= 0.3 is 0 Å². The summed E-state index contributed by atoms with van der Waals surface area (Å²) >= 11 is 0. The number of fused-ring (bicyclic) bond motifs is 1. The number of para-hydroxylation sites is 2. The number of rotatable bonds is 9. The van der Waals surface area contributed by atoms with E-state index in [4.69, 9.17) is 0 Å². The van der Waals surface area contributed by atoms with E-state index in [0.29, 0.717) is 18.9 Å². The molecule has 0 aliphatic carbocycles. The molecule has 0 unspecified atom stereocenters. The SMILES string of the molecule is CC(C)C[C@@H](CO)NC(=O)CCn1c[n+](Cc2ccccc2)c2ccccc21.[Cl-]. The summed E-state index contributed by atoms with van der Waals surface area (Å²) in [7, 11) is 0. The number of benzene rings is 2. The third-order valence-corrected chi connectivity index (χ3v) is 4.90. The maximum atomic E-state index is 12.4. The molecule has 0 radical (unpaired) electrons. The zero-order chi connectivity index (χ0) is 19.9. The second-order valence-corrected chi connectivity index (χ2v) is 7.74. The maximum absolute atomic E-state index is 12.4. The predicted octanol–water partition coefficient (Wildman–Crippen LogP) is -0.106. The summed E-state index contributed by atoms with van der Waals surface area (Å²) in [4.78, 5) is 12.4. The molecule has 0 aliphatic heterocycles. The molecule has 5 nitrogen and oxygen atoms in total. The molecule has 3 rings (SSSR count). The van der Waals surface area contributed by atoms with Crippen LogP contribution in [0.4, 0.5) is 0 Å². The number of aromatic nitrogens is 2. The van der Waals surface area contributed by atoms with Gasteiger partial charge in [-0.15, -0.1) is 0 Å². The van der Waals surface area contributed by atoms with Crippen molar-refractivity contribution in [2.24, 2.45) is 5.92 Å². The summed E-state index contributed by atoms with van der Waals surface area (Å²) in [6.07, 6.45) is 3.26. The van der Waals surface area contributed by atoms with Gasteiger partial charge in [0.15, 0.2) is 11.0 Å². The molecule has 2 aromatic carbocycles. The number of halogens is 1. The van der Waals surface area contributed by atoms with Crippen molar-refractivity contribution in [3.63, 3.8) is 0 Å². The normalized spacial score (nSPS) is 12.0. The number of aliphatic hydroxyl groups is 1. The van der Waals surface area contributed by atoms with Crippen molar-refractivity contribution in [2.75, 3.05) is 6.61 Å². The number of imidazole rings is 1. The molecule has 1 atom stereocenters. The van der Waals surface area contributed by atoms with Crippen molar-refractivity contribution in [1.29, 1.82) is 0 Å². The number of carbonyl (C=O) groups is 1. The van der Waals surface area contributed by atoms with Gasteiger partial charge in [-0.1, -0.05) is 56.3 Å². The molecule has 3 aromatic rings. The fourth-order valence-electron chi connectivity index (χ4n) is 3.60. The minimum atomic E-state index is -0.170. The highest BCUT2D eigenvalue weighted by Crippen LogP contribution is 2.13. The first-order valence-corrected chi connectivity index (χ1v) is 9.98. The van der Waals surface area contributed by atoms with Crippen LogP contribution in [0.25, 0.3) is 11.0 Å². The molecule has 1 heterocycles. The highest BCUT2D eigenvalue weighted by molar-refractivity contribution is 5.77. The fraction of sp³-hybridized carbons (Fsp3) is 0.391. The van der Waals surface area contributed by atoms with Gasteiger partial charge in [-0.25, -0.2) is 9.13 Å². The van der Waals surface area contributed by atoms with E-state index in [1.165, 1.54) is 5.56 Å². The Bertz CT molecular complexity index is 909. The first-order chi connectivity index (χ1) is 13.6. The molecule has 0 fully saturated rings. The van der Waals surface area contributed by atoms with Crippen molar-refractivity contribution < 1.29 is 26.9 Å². The molecule has 1 aromatic heterocycles. The van der Waals surface area contributed by atoms with Gasteiger partial charge < -0.3 is 22.8 Å². The Labute approximate surface area is 178 Å². The number of hydrogen-bond donors (Lipinski definition) is 2. The third kappa shape index (κ3) is 6.31. The van der Waals surface area contributed by atoms with E-state index in [-0.39, 0.29) is 31.0 Å². The smallest absolute Gasteiger partial charge is 0.245 e. The van der Waals surface area contributed by atoms with Crippen molar-refractivity contribution in [1.82, 2.24) is 9.88 Å². The Morgan fingerprint density at radius 2 is 1.79 bits per heavy atom. The molecule has 156 valence electrons. The predicted molar refractivity (Wildman–Crippen MR) is 111 cm³/mol. The Morgan fingerprint density at radius 3 is 2.48 bits per heavy atom. The average Bonchev–Trinajstić information content (AvgIpc) is 3.04. The van der Waals surface area contributed by atoms with Gasteiger partial charge in [-0.05, 0) is 30.0 Å². The largest absolute Gasteiger partial charge is 1.00 e. The summed E-state index contributed by atoms with van der Waals surface area (Å²) < 4.78 is 4.35. The van der Waals surface area contributed by atoms with Gasteiger partial charge in [0.05, 0.1) is 25.6 Å². The average molecular weight is 416 g/mol. The zero-order valence-electron chi connectivity index (χ0n) is 17.1. The van der Waals surface area contributed by atoms with E-state index < -0.39 is 0 Å². The monoisotopic (exact) mass is 415 g/mol. The first-order valence-electron chi connectivity index (χ1n) is 9.98. The number of carbonyl (C=O) groups excluding carboxylic acids is 1. The van der Waals surface area contributed by atoms with Crippen LogP contribution >= 0.6 is 0 Å². The molecule has 6 heteroatoms. The van der Waals surface area contributed by atoms with E-state index in [1.54, 1.807) is 0 Å². The van der Waals surface area contributed by atoms with Crippen molar-refractivity contribution in [3.8, 4) is 0 Å². The maximum Gasteiger partial charge on any atom is 0.245 e. The molecule has 0 aliphatic rings. The van der Waals surface area contributed by atoms with Gasteiger partial charge in [-0.3, -0.25) is 4.79 Å². The van der Waals surface area contributed by atoms with Gasteiger partial charge in [0.2, 0.25) is 12.2 Å². The lowest BCUT2D eigenvalue weighted by Gasteiger charge is -2.17. The minimum Gasteiger partial charge on any atom is -1.00 e. The zero-order valence-corrected chi connectivity index (χ0v) is 17.8. The van der Waals surface area contributed by atoms with E-state index in [2.05, 4.69) is 58.9 Å². The molecule has 0 saturated heterocycles. The molecule has 0 spiro atoms. The molecule has 1 amide bonds. The van der Waals surface area contributed by atoms with E-state index in [9.17, 15) is 9.90 Å². The van der Waals surface area contributed by atoms with Crippen LogP contribution in [-0.2, 0) is 17.9 Å². The summed E-state index contributed by atoms with van der Waals surface area (Å²) in [6, 6.07) is 18.5. The summed E-state index contributed by atoms with van der Waals surface area (Å²) in [6.45, 7) is 5.56. The van der Waals surface area contributed by atoms with Crippen LogP contribution in [-0.4, -0.2) is 28.2 Å². The fourth-order valence-corrected chi connectivity index (χ4v) is 3.60. The van der Waals surface area contributed by atoms with Crippen LogP contribution in [0.2, 0.25) is 0 Å². The second kappa shape index (κ2) is 11.0. The minimum absolute atomic E-state index is 0. The Hall–Kier alpha value is -2.37. The summed E-state index contributed by atoms with van der Waals surface area (Å²) in [5.74, 6) is 0.412. The standard InChI is InChI=1S/C23H29N3O2.ClH/c1-18(2)14-20(16-27)24-23(28)12-13-25-17-26(15-19-8-4-3-5-9-19)22-11-7-6-10-21(22)25;/h3-11,17-18,20,27H,12-16H2,1-2H3;1H/t20-;/m0./s1. The Morgan fingerprint density at radius 1 is 1.10 bits per heavy atom. The van der Waals surface area contributed by atoms with E-state index in [0.717, 1.165) is 24.0 Å². The van der Waals surface area contributed by atoms with Gasteiger partial charge in [0, 0.05) is 0 Å². The van der Waals surface area contributed by atoms with Crippen molar-refractivity contribution in [2.45, 2.75) is 45.8 Å². The molecule has 0 bridgehead atoms. The summed E-state index contributed by atoms with van der Waals surface area (Å²) in [5.41, 5.74) is 3.51. The first kappa shape index (κ1) is 22.9. The topological polar surface area (TPSA) is 58.1 Å². The van der Waals surface area contributed by atoms with Crippen LogP contribution in [0.15, 0.2) is 60.9 Å². The number of aryl methyl sites for hydroxylation is 1. The van der Waals surface area contributed by atoms with Crippen LogP contribution in [0, 0.1) is 5.92 Å². The quantitative estimate of drug-likeness (QED) is 0.479. The molecule has 0 saturated carbocycles. The van der Waals surface area contributed by atoms with Crippen molar-refractivity contribution in [3.05, 3.63) is 66.5 Å². The molecule has 29 heavy (non-hydrogen) atoms. The Kier molecular flexibility index (Phi) is 8.68. The number of nitrogens with zero attached hydrogens (tertiary/aromatic N) is 2. The highest BCUT2D eigenvalue weighted by Gasteiger charge is 2.18.